The van der Waals surface area contributed by atoms with Crippen LogP contribution in [0, 0.1) is 12.8 Å². The maximum Gasteiger partial charge on any atom is 0.243 e. The highest BCUT2D eigenvalue weighted by molar-refractivity contribution is 5.88. The minimum Gasteiger partial charge on any atom is -0.348 e. The Kier molecular flexibility index (Phi) is 4.26. The maximum absolute atomic E-state index is 13.4. The van der Waals surface area contributed by atoms with Crippen LogP contribution < -0.4 is 0 Å². The van der Waals surface area contributed by atoms with Crippen molar-refractivity contribution in [1.29, 1.82) is 0 Å². The Morgan fingerprint density at radius 1 is 1.04 bits per heavy atom. The zero-order chi connectivity index (χ0) is 19.3. The van der Waals surface area contributed by atoms with Gasteiger partial charge in [-0.1, -0.05) is 29.8 Å². The molecule has 2 amide bonds. The Hall–Kier alpha value is -2.56. The van der Waals surface area contributed by atoms with Gasteiger partial charge in [0.2, 0.25) is 11.8 Å². The van der Waals surface area contributed by atoms with Crippen molar-refractivity contribution in [3.8, 4) is 0 Å². The summed E-state index contributed by atoms with van der Waals surface area (Å²) < 4.78 is 2.24. The molecular weight excluding hydrogens is 350 g/mol. The predicted molar refractivity (Wildman–Crippen MR) is 107 cm³/mol. The fourth-order valence-electron chi connectivity index (χ4n) is 4.33. The molecular formula is C23H27N3O2. The molecule has 28 heavy (non-hydrogen) atoms. The van der Waals surface area contributed by atoms with E-state index in [1.165, 1.54) is 5.56 Å². The van der Waals surface area contributed by atoms with Crippen LogP contribution in [0.25, 0.3) is 0 Å². The Morgan fingerprint density at radius 2 is 1.79 bits per heavy atom. The molecule has 0 N–H and O–H groups in total. The second-order valence-corrected chi connectivity index (χ2v) is 8.50. The van der Waals surface area contributed by atoms with Crippen LogP contribution in [0.5, 0.6) is 0 Å². The first kappa shape index (κ1) is 17.5. The van der Waals surface area contributed by atoms with Crippen LogP contribution in [-0.4, -0.2) is 45.3 Å². The molecule has 0 saturated heterocycles. The van der Waals surface area contributed by atoms with Gasteiger partial charge < -0.3 is 14.4 Å². The van der Waals surface area contributed by atoms with Crippen molar-refractivity contribution in [2.75, 3.05) is 13.1 Å². The lowest BCUT2D eigenvalue weighted by Crippen LogP contribution is -2.48. The molecule has 1 aliphatic heterocycles. The number of amides is 2. The highest BCUT2D eigenvalue weighted by atomic mass is 16.2. The van der Waals surface area contributed by atoms with Crippen LogP contribution >= 0.6 is 0 Å². The van der Waals surface area contributed by atoms with Gasteiger partial charge in [-0.2, -0.15) is 0 Å². The number of hydrogen-bond acceptors (Lipinski definition) is 2. The molecule has 5 nitrogen and oxygen atoms in total. The van der Waals surface area contributed by atoms with Crippen molar-refractivity contribution >= 4 is 11.8 Å². The Bertz CT molecular complexity index is 893. The molecule has 5 rings (SSSR count). The highest BCUT2D eigenvalue weighted by Gasteiger charge is 2.42. The second-order valence-electron chi connectivity index (χ2n) is 8.50. The second kappa shape index (κ2) is 6.80. The molecule has 1 aromatic heterocycles. The van der Waals surface area contributed by atoms with E-state index in [2.05, 4.69) is 54.1 Å². The fourth-order valence-corrected chi connectivity index (χ4v) is 4.33. The van der Waals surface area contributed by atoms with Gasteiger partial charge in [-0.05, 0) is 50.3 Å². The number of rotatable bonds is 5. The summed E-state index contributed by atoms with van der Waals surface area (Å²) in [5, 5.41) is 0. The summed E-state index contributed by atoms with van der Waals surface area (Å²) in [4.78, 5) is 30.0. The Balaban J connectivity index is 1.42. The lowest BCUT2D eigenvalue weighted by atomic mass is 9.98. The largest absolute Gasteiger partial charge is 0.348 e. The van der Waals surface area contributed by atoms with E-state index in [1.54, 1.807) is 0 Å². The van der Waals surface area contributed by atoms with Gasteiger partial charge in [0.25, 0.3) is 0 Å². The van der Waals surface area contributed by atoms with Crippen molar-refractivity contribution in [1.82, 2.24) is 14.4 Å². The summed E-state index contributed by atoms with van der Waals surface area (Å²) in [6.45, 7) is 3.78. The van der Waals surface area contributed by atoms with Crippen LogP contribution in [0.15, 0.2) is 42.6 Å². The number of carbonyl (C=O) groups excluding carboxylic acids is 2. The van der Waals surface area contributed by atoms with Crippen LogP contribution in [0.4, 0.5) is 0 Å². The van der Waals surface area contributed by atoms with E-state index in [4.69, 9.17) is 0 Å². The summed E-state index contributed by atoms with van der Waals surface area (Å²) in [7, 11) is 0. The number of hydrogen-bond donors (Lipinski definition) is 0. The van der Waals surface area contributed by atoms with Crippen molar-refractivity contribution in [2.45, 2.75) is 51.2 Å². The molecule has 2 aliphatic carbocycles. The standard InChI is InChI=1S/C23H27N3O2/c1-16-4-6-17(7-5-16)22-20-3-2-12-24(20)13-14-25(22)21(27)15-26(19-10-11-19)23(28)18-8-9-18/h2-7,12,18-19,22H,8-11,13-15H2,1H3. The van der Waals surface area contributed by atoms with Crippen molar-refractivity contribution in [3.05, 3.63) is 59.4 Å². The number of carbonyl (C=O) groups is 2. The van der Waals surface area contributed by atoms with E-state index in [1.807, 2.05) is 9.80 Å². The first-order valence-corrected chi connectivity index (χ1v) is 10.4. The lowest BCUT2D eigenvalue weighted by molar-refractivity contribution is -0.143. The molecule has 2 heterocycles. The van der Waals surface area contributed by atoms with E-state index in [9.17, 15) is 9.59 Å². The molecule has 2 aromatic rings. The topological polar surface area (TPSA) is 45.6 Å². The van der Waals surface area contributed by atoms with E-state index < -0.39 is 0 Å². The fraction of sp³-hybridized carbons (Fsp3) is 0.478. The monoisotopic (exact) mass is 377 g/mol. The number of nitrogens with zero attached hydrogens (tertiary/aromatic N) is 3. The predicted octanol–water partition coefficient (Wildman–Crippen LogP) is 3.13. The summed E-state index contributed by atoms with van der Waals surface area (Å²) >= 11 is 0. The minimum atomic E-state index is -0.0890. The first-order chi connectivity index (χ1) is 13.6. The van der Waals surface area contributed by atoms with Crippen LogP contribution in [0.1, 0.15) is 48.5 Å². The number of aromatic nitrogens is 1. The number of benzene rings is 1. The third-order valence-electron chi connectivity index (χ3n) is 6.25. The lowest BCUT2D eigenvalue weighted by Gasteiger charge is -2.38. The third-order valence-corrected chi connectivity index (χ3v) is 6.25. The van der Waals surface area contributed by atoms with Gasteiger partial charge >= 0.3 is 0 Å². The summed E-state index contributed by atoms with van der Waals surface area (Å²) in [5.41, 5.74) is 3.49. The molecule has 2 fully saturated rings. The van der Waals surface area contributed by atoms with Crippen LogP contribution in [0.3, 0.4) is 0 Å². The average molecular weight is 377 g/mol. The molecule has 0 spiro atoms. The summed E-state index contributed by atoms with van der Waals surface area (Å²) in [6.07, 6.45) is 6.14. The Labute approximate surface area is 165 Å². The molecule has 0 bridgehead atoms. The first-order valence-electron chi connectivity index (χ1n) is 10.4. The smallest absolute Gasteiger partial charge is 0.243 e. The Morgan fingerprint density at radius 3 is 2.46 bits per heavy atom. The molecule has 2 saturated carbocycles. The van der Waals surface area contributed by atoms with E-state index in [-0.39, 0.29) is 36.4 Å². The molecule has 0 radical (unpaired) electrons. The SMILES string of the molecule is Cc1ccc(C2c3cccn3CCN2C(=O)CN(C(=O)C2CC2)C2CC2)cc1. The normalized spacial score (nSPS) is 21.3. The molecule has 1 atom stereocenters. The number of aryl methyl sites for hydroxylation is 1. The van der Waals surface area contributed by atoms with Gasteiger partial charge in [0, 0.05) is 36.9 Å². The van der Waals surface area contributed by atoms with Gasteiger partial charge in [-0.3, -0.25) is 9.59 Å². The molecule has 3 aliphatic rings. The quantitative estimate of drug-likeness (QED) is 0.804. The molecule has 1 unspecified atom stereocenters. The maximum atomic E-state index is 13.4. The summed E-state index contributed by atoms with van der Waals surface area (Å²) in [5.74, 6) is 0.432. The van der Waals surface area contributed by atoms with Gasteiger partial charge in [-0.15, -0.1) is 0 Å². The highest BCUT2D eigenvalue weighted by Crippen LogP contribution is 2.37. The minimum absolute atomic E-state index is 0.0684. The molecule has 5 heteroatoms. The van der Waals surface area contributed by atoms with E-state index in [0.29, 0.717) is 6.54 Å². The zero-order valence-corrected chi connectivity index (χ0v) is 16.4. The van der Waals surface area contributed by atoms with E-state index in [0.717, 1.165) is 43.5 Å². The summed E-state index contributed by atoms with van der Waals surface area (Å²) in [6, 6.07) is 12.8. The molecule has 1 aromatic carbocycles. The third kappa shape index (κ3) is 3.23. The molecule has 146 valence electrons. The van der Waals surface area contributed by atoms with Gasteiger partial charge in [-0.25, -0.2) is 0 Å². The van der Waals surface area contributed by atoms with Gasteiger partial charge in [0.1, 0.15) is 6.54 Å². The van der Waals surface area contributed by atoms with Crippen LogP contribution in [-0.2, 0) is 16.1 Å². The van der Waals surface area contributed by atoms with Crippen molar-refractivity contribution in [3.63, 3.8) is 0 Å². The van der Waals surface area contributed by atoms with E-state index >= 15 is 0 Å². The van der Waals surface area contributed by atoms with Gasteiger partial charge in [0.05, 0.1) is 6.04 Å². The van der Waals surface area contributed by atoms with Crippen molar-refractivity contribution in [2.24, 2.45) is 5.92 Å². The van der Waals surface area contributed by atoms with Gasteiger partial charge in [0.15, 0.2) is 0 Å². The zero-order valence-electron chi connectivity index (χ0n) is 16.4. The average Bonchev–Trinajstić information content (AvgIpc) is 3.62. The van der Waals surface area contributed by atoms with Crippen molar-refractivity contribution < 1.29 is 9.59 Å². The van der Waals surface area contributed by atoms with Crippen LogP contribution in [0.2, 0.25) is 0 Å². The number of fused-ring (bicyclic) bond motifs is 1.